The molecule has 0 unspecified atom stereocenters. The van der Waals surface area contributed by atoms with Gasteiger partial charge in [-0.25, -0.2) is 13.8 Å². The standard InChI is InChI=1S/C36H59N5O13SSi2/c1-21-16-41(33(47)39(30(21)45)14-12-13-22-17-40(32(46)38-29(22)44)27-15-23(43)24(18-42)51-27)31-28(53-57(10,11)35(5,6)7)36(25(37)20-55(48,49)54-36)26(52-31)19-50-56(8,9)34(2,3)4/h16-17,20,23-24,26-28,31,42-43H,12-15,18-19,37H2,1-11H3,(H,38,44,46)/t23-,24+,26-,27+,28+,31-,36-/m1/s1. The van der Waals surface area contributed by atoms with Crippen LogP contribution in [0.4, 0.5) is 0 Å². The van der Waals surface area contributed by atoms with Crippen molar-refractivity contribution in [2.45, 2.75) is 153 Å². The predicted octanol–water partition coefficient (Wildman–Crippen LogP) is 1.65. The van der Waals surface area contributed by atoms with Gasteiger partial charge in [0.2, 0.25) is 0 Å². The molecule has 2 saturated heterocycles. The van der Waals surface area contributed by atoms with Gasteiger partial charge in [-0.2, -0.15) is 8.42 Å². The molecular weight excluding hydrogens is 799 g/mol. The van der Waals surface area contributed by atoms with Crippen molar-refractivity contribution in [1.29, 1.82) is 0 Å². The van der Waals surface area contributed by atoms with Gasteiger partial charge in [-0.15, -0.1) is 0 Å². The number of aryl methyl sites for hydroxylation is 2. The van der Waals surface area contributed by atoms with Gasteiger partial charge in [0.25, 0.3) is 21.2 Å². The van der Waals surface area contributed by atoms with Gasteiger partial charge in [0, 0.05) is 36.5 Å². The maximum absolute atomic E-state index is 14.5. The monoisotopic (exact) mass is 857 g/mol. The summed E-state index contributed by atoms with van der Waals surface area (Å²) in [5.41, 5.74) is 2.05. The molecule has 320 valence electrons. The number of ether oxygens (including phenoxy) is 2. The van der Waals surface area contributed by atoms with Crippen LogP contribution in [0.25, 0.3) is 0 Å². The molecule has 5 N–H and O–H groups in total. The maximum Gasteiger partial charge on any atom is 0.333 e. The summed E-state index contributed by atoms with van der Waals surface area (Å²) < 4.78 is 61.4. The number of aromatic nitrogens is 4. The Hall–Kier alpha value is -3.00. The molecule has 3 aliphatic heterocycles. The van der Waals surface area contributed by atoms with Crippen molar-refractivity contribution in [1.82, 2.24) is 18.7 Å². The van der Waals surface area contributed by atoms with Crippen molar-refractivity contribution in [2.24, 2.45) is 5.73 Å². The summed E-state index contributed by atoms with van der Waals surface area (Å²) in [6.07, 6.45) is -3.81. The number of aliphatic hydroxyl groups excluding tert-OH is 2. The smallest absolute Gasteiger partial charge is 0.333 e. The SMILES string of the molecule is Cc1cn([C@@H]2O[C@H](CO[Si](C)(C)C(C)(C)C)[C@@]3(OS(=O)(=O)C=C3N)[C@H]2O[Si](C)(C)C(C)(C)C)c(=O)n(CCCc2cn([C@@H]3C[C@@H](O)[C@H](CO)O3)c(=O)[nH]c2=O)c1=O. The fourth-order valence-electron chi connectivity index (χ4n) is 6.75. The highest BCUT2D eigenvalue weighted by Gasteiger charge is 2.67. The molecule has 2 fully saturated rings. The molecule has 2 aromatic rings. The fourth-order valence-corrected chi connectivity index (χ4v) is 10.3. The number of nitrogens with one attached hydrogen (secondary N) is 1. The van der Waals surface area contributed by atoms with E-state index < -0.39 is 103 Å². The van der Waals surface area contributed by atoms with Crippen LogP contribution in [0.3, 0.4) is 0 Å². The zero-order valence-corrected chi connectivity index (χ0v) is 37.5. The number of aliphatic hydroxyl groups is 2. The van der Waals surface area contributed by atoms with Crippen LogP contribution in [0.2, 0.25) is 36.3 Å². The number of nitrogens with zero attached hydrogens (tertiary/aromatic N) is 3. The van der Waals surface area contributed by atoms with E-state index in [0.717, 1.165) is 14.5 Å². The summed E-state index contributed by atoms with van der Waals surface area (Å²) in [5, 5.41) is 19.9. The van der Waals surface area contributed by atoms with E-state index in [1.54, 1.807) is 0 Å². The van der Waals surface area contributed by atoms with Gasteiger partial charge in [0.05, 0.1) is 30.4 Å². The second-order valence-electron chi connectivity index (χ2n) is 18.3. The number of rotatable bonds is 12. The lowest BCUT2D eigenvalue weighted by molar-refractivity contribution is -0.0567. The second-order valence-corrected chi connectivity index (χ2v) is 29.3. The van der Waals surface area contributed by atoms with Crippen LogP contribution in [0.15, 0.2) is 42.7 Å². The minimum atomic E-state index is -4.32. The number of hydrogen-bond donors (Lipinski definition) is 4. The third-order valence-corrected chi connectivity index (χ3v) is 22.3. The number of aromatic amines is 1. The van der Waals surface area contributed by atoms with Crippen LogP contribution in [-0.2, 0) is 45.6 Å². The molecule has 5 rings (SSSR count). The summed E-state index contributed by atoms with van der Waals surface area (Å²) in [7, 11) is -9.62. The van der Waals surface area contributed by atoms with E-state index in [-0.39, 0.29) is 54.3 Å². The fraction of sp³-hybridized carbons (Fsp3) is 0.722. The summed E-state index contributed by atoms with van der Waals surface area (Å²) in [6.45, 7) is 21.0. The lowest BCUT2D eigenvalue weighted by Gasteiger charge is -2.43. The first-order valence-corrected chi connectivity index (χ1v) is 26.4. The number of nitrogens with two attached hydrogens (primary N) is 1. The van der Waals surface area contributed by atoms with Crippen LogP contribution in [0.1, 0.15) is 78.0 Å². The Kier molecular flexibility index (Phi) is 12.3. The van der Waals surface area contributed by atoms with Gasteiger partial charge in [-0.1, -0.05) is 41.5 Å². The van der Waals surface area contributed by atoms with E-state index in [2.05, 4.69) is 25.8 Å². The summed E-state index contributed by atoms with van der Waals surface area (Å²) in [4.78, 5) is 55.8. The molecule has 3 aliphatic rings. The molecule has 0 aromatic carbocycles. The summed E-state index contributed by atoms with van der Waals surface area (Å²) >= 11 is 0. The van der Waals surface area contributed by atoms with Crippen LogP contribution >= 0.6 is 0 Å². The molecule has 7 atom stereocenters. The Morgan fingerprint density at radius 1 is 1.00 bits per heavy atom. The van der Waals surface area contributed by atoms with Crippen molar-refractivity contribution >= 4 is 26.8 Å². The zero-order valence-electron chi connectivity index (χ0n) is 34.7. The van der Waals surface area contributed by atoms with Gasteiger partial charge < -0.3 is 34.3 Å². The highest BCUT2D eigenvalue weighted by molar-refractivity contribution is 7.90. The van der Waals surface area contributed by atoms with Gasteiger partial charge in [-0.3, -0.25) is 28.3 Å². The van der Waals surface area contributed by atoms with E-state index in [4.69, 9.17) is 28.2 Å². The highest BCUT2D eigenvalue weighted by atomic mass is 32.2. The second kappa shape index (κ2) is 15.6. The Labute approximate surface area is 333 Å². The Bertz CT molecular complexity index is 2240. The topological polar surface area (TPSA) is 246 Å². The van der Waals surface area contributed by atoms with E-state index in [1.165, 1.54) is 23.9 Å². The van der Waals surface area contributed by atoms with Gasteiger partial charge in [0.15, 0.2) is 28.5 Å². The van der Waals surface area contributed by atoms with Crippen LogP contribution in [0, 0.1) is 6.92 Å². The minimum Gasteiger partial charge on any atom is -0.414 e. The lowest BCUT2D eigenvalue weighted by atomic mass is 9.89. The summed E-state index contributed by atoms with van der Waals surface area (Å²) in [5.74, 6) is 0. The van der Waals surface area contributed by atoms with Crippen LogP contribution < -0.4 is 28.2 Å². The molecule has 0 amide bonds. The van der Waals surface area contributed by atoms with E-state index in [9.17, 15) is 37.8 Å². The van der Waals surface area contributed by atoms with Gasteiger partial charge >= 0.3 is 11.4 Å². The first kappa shape index (κ1) is 45.1. The molecule has 1 spiro atoms. The van der Waals surface area contributed by atoms with E-state index in [1.807, 2.05) is 47.0 Å². The molecule has 18 nitrogen and oxygen atoms in total. The quantitative estimate of drug-likeness (QED) is 0.175. The largest absolute Gasteiger partial charge is 0.414 e. The Morgan fingerprint density at radius 2 is 1.63 bits per heavy atom. The highest BCUT2D eigenvalue weighted by Crippen LogP contribution is 2.52. The van der Waals surface area contributed by atoms with Gasteiger partial charge in [-0.05, 0) is 56.0 Å². The third kappa shape index (κ3) is 8.55. The predicted molar refractivity (Wildman–Crippen MR) is 215 cm³/mol. The molecule has 5 heterocycles. The third-order valence-electron chi connectivity index (χ3n) is 12.3. The number of hydrogen-bond acceptors (Lipinski definition) is 14. The molecular formula is C36H59N5O13SSi2. The average Bonchev–Trinajstić information content (AvgIpc) is 3.68. The van der Waals surface area contributed by atoms with Crippen molar-refractivity contribution < 1.29 is 41.1 Å². The average molecular weight is 858 g/mol. The molecule has 0 bridgehead atoms. The summed E-state index contributed by atoms with van der Waals surface area (Å²) in [6, 6.07) is 0. The van der Waals surface area contributed by atoms with Gasteiger partial charge in [0.1, 0.15) is 24.5 Å². The molecule has 57 heavy (non-hydrogen) atoms. The molecule has 21 heteroatoms. The Morgan fingerprint density at radius 3 is 2.18 bits per heavy atom. The molecule has 0 saturated carbocycles. The van der Waals surface area contributed by atoms with Crippen molar-refractivity contribution in [3.8, 4) is 0 Å². The maximum atomic E-state index is 14.5. The van der Waals surface area contributed by atoms with Crippen molar-refractivity contribution in [2.75, 3.05) is 13.2 Å². The molecule has 2 aromatic heterocycles. The van der Waals surface area contributed by atoms with Crippen LogP contribution in [-0.4, -0.2) is 97.2 Å². The molecule has 0 radical (unpaired) electrons. The Balaban J connectivity index is 1.55. The van der Waals surface area contributed by atoms with E-state index >= 15 is 0 Å². The van der Waals surface area contributed by atoms with E-state index in [0.29, 0.717) is 0 Å². The first-order valence-electron chi connectivity index (χ1n) is 19.1. The minimum absolute atomic E-state index is 0.0151. The lowest BCUT2D eigenvalue weighted by Crippen LogP contribution is -2.59. The van der Waals surface area contributed by atoms with Crippen molar-refractivity contribution in [3.05, 3.63) is 76.3 Å². The number of H-pyrrole nitrogens is 1. The first-order chi connectivity index (χ1) is 26.1. The van der Waals surface area contributed by atoms with Crippen LogP contribution in [0.5, 0.6) is 0 Å². The molecule has 0 aliphatic carbocycles. The zero-order chi connectivity index (χ0) is 42.8. The normalized spacial score (nSPS) is 28.1. The van der Waals surface area contributed by atoms with Crippen molar-refractivity contribution in [3.63, 3.8) is 0 Å².